The Labute approximate surface area is 171 Å². The van der Waals surface area contributed by atoms with Crippen LogP contribution in [0, 0.1) is 18.3 Å². The van der Waals surface area contributed by atoms with Gasteiger partial charge in [0.25, 0.3) is 11.5 Å². The van der Waals surface area contributed by atoms with Gasteiger partial charge in [0.1, 0.15) is 5.82 Å². The van der Waals surface area contributed by atoms with Crippen LogP contribution in [-0.4, -0.2) is 25.7 Å². The number of anilines is 1. The van der Waals surface area contributed by atoms with Crippen molar-refractivity contribution < 1.29 is 4.79 Å². The molecule has 0 bridgehead atoms. The molecular weight excluding hydrogens is 380 g/mol. The Morgan fingerprint density at radius 2 is 1.90 bits per heavy atom. The van der Waals surface area contributed by atoms with Gasteiger partial charge >= 0.3 is 0 Å². The number of nitriles is 1. The summed E-state index contributed by atoms with van der Waals surface area (Å²) in [5.41, 5.74) is 2.34. The van der Waals surface area contributed by atoms with Crippen LogP contribution < -0.4 is 10.9 Å². The fourth-order valence-corrected chi connectivity index (χ4v) is 2.96. The number of rotatable bonds is 4. The monoisotopic (exact) mass is 396 g/mol. The van der Waals surface area contributed by atoms with Crippen molar-refractivity contribution in [1.82, 2.24) is 19.7 Å². The Morgan fingerprint density at radius 1 is 1.10 bits per heavy atom. The molecule has 2 N–H and O–H groups in total. The maximum atomic E-state index is 12.8. The van der Waals surface area contributed by atoms with Crippen molar-refractivity contribution in [2.24, 2.45) is 0 Å². The van der Waals surface area contributed by atoms with Gasteiger partial charge in [0.2, 0.25) is 5.95 Å². The number of carbonyl (C=O) groups excluding carboxylic acids is 1. The maximum Gasteiger partial charge on any atom is 0.256 e. The van der Waals surface area contributed by atoms with Crippen LogP contribution in [0.3, 0.4) is 0 Å². The van der Waals surface area contributed by atoms with E-state index in [2.05, 4.69) is 20.4 Å². The summed E-state index contributed by atoms with van der Waals surface area (Å²) in [5, 5.41) is 16.4. The average Bonchev–Trinajstić information content (AvgIpc) is 3.17. The van der Waals surface area contributed by atoms with Gasteiger partial charge in [-0.25, -0.2) is 4.98 Å². The first kappa shape index (κ1) is 18.8. The number of amides is 1. The number of hydrogen-bond acceptors (Lipinski definition) is 5. The molecule has 2 heterocycles. The Morgan fingerprint density at radius 3 is 2.63 bits per heavy atom. The highest BCUT2D eigenvalue weighted by atomic mass is 16.1. The van der Waals surface area contributed by atoms with Crippen LogP contribution in [0.5, 0.6) is 0 Å². The van der Waals surface area contributed by atoms with Gasteiger partial charge in [0.15, 0.2) is 0 Å². The van der Waals surface area contributed by atoms with Crippen LogP contribution in [0.1, 0.15) is 21.6 Å². The van der Waals surface area contributed by atoms with E-state index in [9.17, 15) is 9.59 Å². The normalized spacial score (nSPS) is 10.4. The highest BCUT2D eigenvalue weighted by Crippen LogP contribution is 2.24. The molecule has 0 radical (unpaired) electrons. The molecule has 2 aromatic carbocycles. The van der Waals surface area contributed by atoms with E-state index in [1.165, 1.54) is 16.8 Å². The minimum absolute atomic E-state index is 0.184. The summed E-state index contributed by atoms with van der Waals surface area (Å²) >= 11 is 0. The highest BCUT2D eigenvalue weighted by Gasteiger charge is 2.16. The zero-order chi connectivity index (χ0) is 21.1. The van der Waals surface area contributed by atoms with Crippen LogP contribution in [0.4, 0.5) is 5.82 Å². The third-order valence-electron chi connectivity index (χ3n) is 4.33. The fourth-order valence-electron chi connectivity index (χ4n) is 2.96. The second-order valence-corrected chi connectivity index (χ2v) is 6.55. The van der Waals surface area contributed by atoms with Crippen molar-refractivity contribution >= 4 is 11.7 Å². The molecule has 0 unspecified atom stereocenters. The maximum absolute atomic E-state index is 12.8. The average molecular weight is 396 g/mol. The summed E-state index contributed by atoms with van der Waals surface area (Å²) in [4.78, 5) is 31.7. The molecule has 0 saturated heterocycles. The molecule has 0 spiro atoms. The first-order chi connectivity index (χ1) is 14.5. The SMILES string of the molecule is Cc1cc(=O)[nH]c(-n2nc(-c3ccccc3)cc2NC(=O)c2cccc(C#N)c2)n1. The molecule has 0 atom stereocenters. The van der Waals surface area contributed by atoms with Crippen LogP contribution in [0.15, 0.2) is 71.5 Å². The number of aromatic nitrogens is 4. The van der Waals surface area contributed by atoms with Crippen molar-refractivity contribution in [2.45, 2.75) is 6.92 Å². The highest BCUT2D eigenvalue weighted by molar-refractivity contribution is 6.04. The lowest BCUT2D eigenvalue weighted by atomic mass is 10.1. The fraction of sp³-hybridized carbons (Fsp3) is 0.0455. The van der Waals surface area contributed by atoms with Crippen LogP contribution in [-0.2, 0) is 0 Å². The van der Waals surface area contributed by atoms with Crippen molar-refractivity contribution in [3.05, 3.63) is 93.9 Å². The Hall–Kier alpha value is -4.51. The van der Waals surface area contributed by atoms with Gasteiger partial charge in [-0.05, 0) is 25.1 Å². The zero-order valence-electron chi connectivity index (χ0n) is 16.0. The van der Waals surface area contributed by atoms with E-state index in [0.717, 1.165) is 5.56 Å². The number of hydrogen-bond donors (Lipinski definition) is 2. The van der Waals surface area contributed by atoms with E-state index >= 15 is 0 Å². The summed E-state index contributed by atoms with van der Waals surface area (Å²) < 4.78 is 1.38. The summed E-state index contributed by atoms with van der Waals surface area (Å²) in [6.07, 6.45) is 0. The summed E-state index contributed by atoms with van der Waals surface area (Å²) in [6.45, 7) is 1.70. The first-order valence-corrected chi connectivity index (χ1v) is 9.09. The lowest BCUT2D eigenvalue weighted by molar-refractivity contribution is 0.102. The lowest BCUT2D eigenvalue weighted by Gasteiger charge is -2.08. The van der Waals surface area contributed by atoms with E-state index < -0.39 is 5.91 Å². The van der Waals surface area contributed by atoms with Crippen LogP contribution in [0.25, 0.3) is 17.2 Å². The Bertz CT molecular complexity index is 1330. The number of nitrogens with zero attached hydrogens (tertiary/aromatic N) is 4. The van der Waals surface area contributed by atoms with Crippen LogP contribution >= 0.6 is 0 Å². The predicted octanol–water partition coefficient (Wildman–Crippen LogP) is 3.06. The van der Waals surface area contributed by atoms with Crippen molar-refractivity contribution in [2.75, 3.05) is 5.32 Å². The minimum Gasteiger partial charge on any atom is -0.306 e. The second kappa shape index (κ2) is 7.85. The van der Waals surface area contributed by atoms with Gasteiger partial charge in [0.05, 0.1) is 17.3 Å². The van der Waals surface area contributed by atoms with Gasteiger partial charge < -0.3 is 5.32 Å². The Balaban J connectivity index is 1.79. The topological polar surface area (TPSA) is 116 Å². The molecular formula is C22H16N6O2. The van der Waals surface area contributed by atoms with E-state index in [1.54, 1.807) is 31.2 Å². The van der Waals surface area contributed by atoms with Gasteiger partial charge in [-0.15, -0.1) is 0 Å². The van der Waals surface area contributed by atoms with Crippen molar-refractivity contribution in [1.29, 1.82) is 5.26 Å². The molecule has 30 heavy (non-hydrogen) atoms. The smallest absolute Gasteiger partial charge is 0.256 e. The minimum atomic E-state index is -0.414. The third kappa shape index (κ3) is 3.86. The number of carbonyl (C=O) groups is 1. The summed E-state index contributed by atoms with van der Waals surface area (Å²) in [6, 6.07) is 20.9. The van der Waals surface area contributed by atoms with Gasteiger partial charge in [-0.1, -0.05) is 36.4 Å². The molecule has 146 valence electrons. The van der Waals surface area contributed by atoms with Gasteiger partial charge in [0, 0.05) is 29.0 Å². The van der Waals surface area contributed by atoms with Crippen molar-refractivity contribution in [3.63, 3.8) is 0 Å². The van der Waals surface area contributed by atoms with Crippen LogP contribution in [0.2, 0.25) is 0 Å². The van der Waals surface area contributed by atoms with Gasteiger partial charge in [-0.2, -0.15) is 15.0 Å². The standard InChI is InChI=1S/C22H16N6O2/c1-14-10-20(29)26-22(24-14)28-19(12-18(27-28)16-7-3-2-4-8-16)25-21(30)17-9-5-6-15(11-17)13-23/h2-12H,1H3,(H,25,30)(H,24,26,29). The number of nitrogens with one attached hydrogen (secondary N) is 2. The number of H-pyrrole nitrogens is 1. The second-order valence-electron chi connectivity index (χ2n) is 6.55. The lowest BCUT2D eigenvalue weighted by Crippen LogP contribution is -2.19. The number of benzene rings is 2. The molecule has 0 saturated carbocycles. The summed E-state index contributed by atoms with van der Waals surface area (Å²) in [5.74, 6) is 0.0982. The molecule has 2 aromatic heterocycles. The molecule has 8 nitrogen and oxygen atoms in total. The largest absolute Gasteiger partial charge is 0.306 e. The molecule has 0 aliphatic carbocycles. The Kier molecular flexibility index (Phi) is 4.93. The quantitative estimate of drug-likeness (QED) is 0.550. The van der Waals surface area contributed by atoms with E-state index in [4.69, 9.17) is 5.26 Å². The van der Waals surface area contributed by atoms with E-state index in [1.807, 2.05) is 36.4 Å². The molecule has 0 aliphatic rings. The molecule has 4 rings (SSSR count). The third-order valence-corrected chi connectivity index (χ3v) is 4.33. The molecule has 8 heteroatoms. The zero-order valence-corrected chi connectivity index (χ0v) is 16.0. The number of aromatic amines is 1. The van der Waals surface area contributed by atoms with E-state index in [0.29, 0.717) is 28.3 Å². The first-order valence-electron chi connectivity index (χ1n) is 9.09. The number of aryl methyl sites for hydroxylation is 1. The summed E-state index contributed by atoms with van der Waals surface area (Å²) in [7, 11) is 0. The molecule has 4 aromatic rings. The van der Waals surface area contributed by atoms with E-state index in [-0.39, 0.29) is 11.5 Å². The predicted molar refractivity (Wildman–Crippen MR) is 111 cm³/mol. The molecule has 0 aliphatic heterocycles. The van der Waals surface area contributed by atoms with Gasteiger partial charge in [-0.3, -0.25) is 14.6 Å². The molecule has 1 amide bonds. The molecule has 0 fully saturated rings. The van der Waals surface area contributed by atoms with Crippen molar-refractivity contribution in [3.8, 4) is 23.3 Å².